The minimum absolute atomic E-state index is 0.0332. The summed E-state index contributed by atoms with van der Waals surface area (Å²) in [6, 6.07) is 3.35. The van der Waals surface area contributed by atoms with Crippen LogP contribution in [0.2, 0.25) is 0 Å². The zero-order valence-electron chi connectivity index (χ0n) is 24.1. The zero-order valence-corrected chi connectivity index (χ0v) is 24.1. The molecule has 1 spiro atoms. The average Bonchev–Trinajstić information content (AvgIpc) is 3.10. The van der Waals surface area contributed by atoms with Crippen molar-refractivity contribution in [1.29, 1.82) is 0 Å². The summed E-state index contributed by atoms with van der Waals surface area (Å²) in [6.07, 6.45) is 8.15. The molecule has 8 nitrogen and oxygen atoms in total. The fourth-order valence-electron chi connectivity index (χ4n) is 7.22. The van der Waals surface area contributed by atoms with Crippen LogP contribution >= 0.6 is 0 Å². The number of carboxylic acids is 1. The van der Waals surface area contributed by atoms with Crippen molar-refractivity contribution < 1.29 is 39.1 Å². The molecule has 6 atom stereocenters. The summed E-state index contributed by atoms with van der Waals surface area (Å²) in [6.45, 7) is 11.9. The molecule has 5 rings (SSSR count). The molecule has 1 fully saturated rings. The maximum Gasteiger partial charge on any atom is 0.332 e. The largest absolute Gasteiger partial charge is 0.508 e. The third kappa shape index (κ3) is 4.70. The minimum Gasteiger partial charge on any atom is -0.508 e. The molecular formula is C32H40O8. The first-order chi connectivity index (χ1) is 18.6. The first-order valence-corrected chi connectivity index (χ1v) is 14.0. The number of aryl methyl sites for hydroxylation is 1. The van der Waals surface area contributed by atoms with E-state index < -0.39 is 34.8 Å². The van der Waals surface area contributed by atoms with Gasteiger partial charge in [0.25, 0.3) is 0 Å². The van der Waals surface area contributed by atoms with Gasteiger partial charge in [0.15, 0.2) is 11.4 Å². The molecule has 1 saturated heterocycles. The molecule has 8 heteroatoms. The fraction of sp³-hybridized carbons (Fsp3) is 0.562. The quantitative estimate of drug-likeness (QED) is 0.249. The summed E-state index contributed by atoms with van der Waals surface area (Å²) in [5.41, 5.74) is -0.875. The van der Waals surface area contributed by atoms with E-state index in [0.29, 0.717) is 24.2 Å². The Kier molecular flexibility index (Phi) is 6.64. The van der Waals surface area contributed by atoms with E-state index in [4.69, 9.17) is 14.2 Å². The molecule has 1 aromatic carbocycles. The number of phenolic OH excluding ortho intramolecular Hbond substituents is 1. The lowest BCUT2D eigenvalue weighted by molar-refractivity contribution is -0.178. The van der Waals surface area contributed by atoms with Crippen LogP contribution in [-0.2, 0) is 25.5 Å². The number of aliphatic hydroxyl groups excluding tert-OH is 1. The summed E-state index contributed by atoms with van der Waals surface area (Å²) in [4.78, 5) is 24.2. The number of carbonyl (C=O) groups is 2. The number of benzene rings is 1. The summed E-state index contributed by atoms with van der Waals surface area (Å²) < 4.78 is 18.9. The maximum atomic E-state index is 12.4. The third-order valence-corrected chi connectivity index (χ3v) is 9.68. The number of ether oxygens (including phenoxy) is 3. The van der Waals surface area contributed by atoms with Gasteiger partial charge in [-0.2, -0.15) is 0 Å². The van der Waals surface area contributed by atoms with Crippen molar-refractivity contribution in [2.45, 2.75) is 96.6 Å². The normalized spacial score (nSPS) is 37.7. The standard InChI is InChI=1S/C32H40O8/c1-18-10-22(33)14-24-23(18)12-21-16-29(3,4)8-7-9-30(5)20(13-25(34)31(21,6)38-24)17-32(19(2)11-28(37)40-32)26(39-30)15-27(35)36/h7-8,10-11,14-15,20-21,25,33-34H,9,12-13,16-17H2,1-6H3,(H,35,36)/b8-7?,26-15-/t20-,21+,25+,30+,31+,32+/m1/s1. The van der Waals surface area contributed by atoms with Gasteiger partial charge in [0.05, 0.1) is 12.2 Å². The van der Waals surface area contributed by atoms with Crippen molar-refractivity contribution in [1.82, 2.24) is 0 Å². The Morgan fingerprint density at radius 2 is 1.77 bits per heavy atom. The van der Waals surface area contributed by atoms with Crippen molar-refractivity contribution in [3.8, 4) is 11.5 Å². The Bertz CT molecular complexity index is 1340. The minimum atomic E-state index is -1.34. The Morgan fingerprint density at radius 1 is 1.05 bits per heavy atom. The van der Waals surface area contributed by atoms with Crippen molar-refractivity contribution in [2.75, 3.05) is 0 Å². The smallest absolute Gasteiger partial charge is 0.332 e. The van der Waals surface area contributed by atoms with E-state index in [1.54, 1.807) is 19.1 Å². The molecule has 0 amide bonds. The van der Waals surface area contributed by atoms with E-state index in [2.05, 4.69) is 26.0 Å². The zero-order chi connectivity index (χ0) is 29.3. The number of phenols is 1. The second kappa shape index (κ2) is 9.40. The Balaban J connectivity index is 1.60. The Morgan fingerprint density at radius 3 is 2.42 bits per heavy atom. The van der Waals surface area contributed by atoms with Gasteiger partial charge in [0.1, 0.15) is 22.7 Å². The van der Waals surface area contributed by atoms with Gasteiger partial charge in [-0.3, -0.25) is 0 Å². The van der Waals surface area contributed by atoms with Crippen LogP contribution in [0.1, 0.15) is 71.4 Å². The average molecular weight is 553 g/mol. The number of carbonyl (C=O) groups excluding carboxylic acids is 1. The highest BCUT2D eigenvalue weighted by Gasteiger charge is 2.59. The van der Waals surface area contributed by atoms with Crippen molar-refractivity contribution in [3.63, 3.8) is 0 Å². The number of aromatic hydroxyl groups is 1. The van der Waals surface area contributed by atoms with Crippen molar-refractivity contribution in [3.05, 3.63) is 58.9 Å². The molecule has 0 unspecified atom stereocenters. The predicted molar refractivity (Wildman–Crippen MR) is 148 cm³/mol. The maximum absolute atomic E-state index is 12.4. The van der Waals surface area contributed by atoms with Gasteiger partial charge in [-0.05, 0) is 75.1 Å². The van der Waals surface area contributed by atoms with Crippen LogP contribution in [0, 0.1) is 24.2 Å². The molecule has 1 aliphatic carbocycles. The Labute approximate surface area is 235 Å². The summed E-state index contributed by atoms with van der Waals surface area (Å²) in [7, 11) is 0. The molecule has 3 aliphatic heterocycles. The molecule has 0 aromatic heterocycles. The van der Waals surface area contributed by atoms with Crippen LogP contribution in [0.15, 0.2) is 47.8 Å². The number of hydrogen-bond donors (Lipinski definition) is 3. The van der Waals surface area contributed by atoms with Gasteiger partial charge in [0, 0.05) is 36.8 Å². The lowest BCUT2D eigenvalue weighted by Crippen LogP contribution is -2.58. The molecule has 0 radical (unpaired) electrons. The number of aliphatic carboxylic acids is 1. The van der Waals surface area contributed by atoms with Gasteiger partial charge in [-0.15, -0.1) is 0 Å². The van der Waals surface area contributed by atoms with E-state index in [1.165, 1.54) is 6.08 Å². The van der Waals surface area contributed by atoms with E-state index in [1.807, 2.05) is 20.8 Å². The summed E-state index contributed by atoms with van der Waals surface area (Å²) in [5.74, 6) is -1.30. The molecule has 0 saturated carbocycles. The highest BCUT2D eigenvalue weighted by atomic mass is 16.6. The molecular weight excluding hydrogens is 512 g/mol. The SMILES string of the molecule is CC1=CC(=O)O[C@@]12C[C@H]1C[C@H](O)[C@@]3(C)Oc4cc(O)cc(C)c4C[C@H]3CC(C)(C)C=CC[C@]1(C)O/C2=C\C(=O)O. The topological polar surface area (TPSA) is 123 Å². The molecule has 216 valence electrons. The highest BCUT2D eigenvalue weighted by molar-refractivity contribution is 5.88. The number of fused-ring (bicyclic) bond motifs is 3. The number of hydrogen-bond acceptors (Lipinski definition) is 7. The summed E-state index contributed by atoms with van der Waals surface area (Å²) in [5, 5.41) is 32.0. The van der Waals surface area contributed by atoms with Crippen molar-refractivity contribution >= 4 is 11.9 Å². The first kappa shape index (κ1) is 28.3. The molecule has 3 N–H and O–H groups in total. The van der Waals surface area contributed by atoms with Crippen LogP contribution in [0.3, 0.4) is 0 Å². The molecule has 4 aliphatic rings. The van der Waals surface area contributed by atoms with E-state index in [9.17, 15) is 24.9 Å². The van der Waals surface area contributed by atoms with Gasteiger partial charge in [0.2, 0.25) is 0 Å². The van der Waals surface area contributed by atoms with E-state index >= 15 is 0 Å². The van der Waals surface area contributed by atoms with Gasteiger partial charge in [-0.25, -0.2) is 9.59 Å². The molecule has 40 heavy (non-hydrogen) atoms. The fourth-order valence-corrected chi connectivity index (χ4v) is 7.22. The lowest BCUT2D eigenvalue weighted by atomic mass is 9.66. The first-order valence-electron chi connectivity index (χ1n) is 14.0. The summed E-state index contributed by atoms with van der Waals surface area (Å²) >= 11 is 0. The van der Waals surface area contributed by atoms with Crippen molar-refractivity contribution in [2.24, 2.45) is 17.3 Å². The van der Waals surface area contributed by atoms with Gasteiger partial charge < -0.3 is 29.5 Å². The lowest BCUT2D eigenvalue weighted by Gasteiger charge is -2.52. The van der Waals surface area contributed by atoms with Crippen LogP contribution in [-0.4, -0.2) is 50.2 Å². The van der Waals surface area contributed by atoms with Crippen LogP contribution < -0.4 is 4.74 Å². The van der Waals surface area contributed by atoms with Gasteiger partial charge in [-0.1, -0.05) is 26.0 Å². The second-order valence-corrected chi connectivity index (χ2v) is 13.2. The molecule has 0 bridgehead atoms. The van der Waals surface area contributed by atoms with Crippen LogP contribution in [0.4, 0.5) is 0 Å². The predicted octanol–water partition coefficient (Wildman–Crippen LogP) is 5.14. The molecule has 1 aromatic rings. The second-order valence-electron chi connectivity index (χ2n) is 13.2. The monoisotopic (exact) mass is 552 g/mol. The van der Waals surface area contributed by atoms with E-state index in [0.717, 1.165) is 23.6 Å². The number of esters is 1. The van der Waals surface area contributed by atoms with E-state index in [-0.39, 0.29) is 41.6 Å². The van der Waals surface area contributed by atoms with Crippen LogP contribution in [0.25, 0.3) is 0 Å². The third-order valence-electron chi connectivity index (χ3n) is 9.68. The number of carboxylic acid groups (broad SMARTS) is 1. The number of aliphatic hydroxyl groups is 1. The molecule has 3 heterocycles. The van der Waals surface area contributed by atoms with Crippen LogP contribution in [0.5, 0.6) is 11.5 Å². The highest BCUT2D eigenvalue weighted by Crippen LogP contribution is 2.54. The number of rotatable bonds is 1. The van der Waals surface area contributed by atoms with Gasteiger partial charge >= 0.3 is 11.9 Å². The number of allylic oxidation sites excluding steroid dienone is 1. The Hall–Kier alpha value is -3.26.